The van der Waals surface area contributed by atoms with E-state index in [2.05, 4.69) is 28.9 Å². The molecule has 130 valence electrons. The van der Waals surface area contributed by atoms with E-state index in [1.54, 1.807) is 0 Å². The van der Waals surface area contributed by atoms with E-state index in [0.29, 0.717) is 13.0 Å². The third-order valence-electron chi connectivity index (χ3n) is 4.56. The summed E-state index contributed by atoms with van der Waals surface area (Å²) in [5, 5.41) is 3.02. The van der Waals surface area contributed by atoms with Gasteiger partial charge in [0.1, 0.15) is 5.82 Å². The van der Waals surface area contributed by atoms with Crippen molar-refractivity contribution in [3.63, 3.8) is 0 Å². The van der Waals surface area contributed by atoms with Gasteiger partial charge in [-0.25, -0.2) is 4.98 Å². The van der Waals surface area contributed by atoms with Crippen molar-refractivity contribution >= 4 is 16.9 Å². The average molecular weight is 335 g/mol. The molecule has 3 rings (SSSR count). The van der Waals surface area contributed by atoms with E-state index in [1.807, 2.05) is 43.3 Å². The molecule has 0 aliphatic carbocycles. The SMILES string of the molecule is CCn1c(CCCNC(=O)Cc2ccccc2C)nc2ccccc21. The maximum atomic E-state index is 12.1. The lowest BCUT2D eigenvalue weighted by Crippen LogP contribution is -2.26. The fourth-order valence-corrected chi connectivity index (χ4v) is 3.19. The van der Waals surface area contributed by atoms with Crippen molar-refractivity contribution in [3.8, 4) is 0 Å². The number of nitrogens with zero attached hydrogens (tertiary/aromatic N) is 2. The fourth-order valence-electron chi connectivity index (χ4n) is 3.19. The topological polar surface area (TPSA) is 46.9 Å². The molecule has 0 fully saturated rings. The van der Waals surface area contributed by atoms with Gasteiger partial charge in [0.05, 0.1) is 17.5 Å². The van der Waals surface area contributed by atoms with Crippen molar-refractivity contribution in [1.82, 2.24) is 14.9 Å². The number of carbonyl (C=O) groups excluding carboxylic acids is 1. The normalized spacial score (nSPS) is 11.0. The van der Waals surface area contributed by atoms with Crippen LogP contribution >= 0.6 is 0 Å². The van der Waals surface area contributed by atoms with Crippen molar-refractivity contribution < 1.29 is 4.79 Å². The number of hydrogen-bond donors (Lipinski definition) is 1. The molecule has 1 N–H and O–H groups in total. The second-order valence-corrected chi connectivity index (χ2v) is 6.32. The van der Waals surface area contributed by atoms with Crippen LogP contribution in [-0.2, 0) is 24.2 Å². The molecular weight excluding hydrogens is 310 g/mol. The third-order valence-corrected chi connectivity index (χ3v) is 4.56. The minimum Gasteiger partial charge on any atom is -0.356 e. The first-order valence-corrected chi connectivity index (χ1v) is 8.94. The largest absolute Gasteiger partial charge is 0.356 e. The summed E-state index contributed by atoms with van der Waals surface area (Å²) >= 11 is 0. The second-order valence-electron chi connectivity index (χ2n) is 6.32. The number of aryl methyl sites for hydroxylation is 3. The smallest absolute Gasteiger partial charge is 0.224 e. The molecule has 25 heavy (non-hydrogen) atoms. The number of imidazole rings is 1. The van der Waals surface area contributed by atoms with Crippen LogP contribution in [0.1, 0.15) is 30.3 Å². The number of nitrogens with one attached hydrogen (secondary N) is 1. The van der Waals surface area contributed by atoms with Crippen LogP contribution in [0.5, 0.6) is 0 Å². The Balaban J connectivity index is 1.52. The molecule has 4 heteroatoms. The molecule has 0 aliphatic heterocycles. The van der Waals surface area contributed by atoms with Crippen LogP contribution in [0.3, 0.4) is 0 Å². The first-order chi connectivity index (χ1) is 12.2. The molecule has 0 atom stereocenters. The molecular formula is C21H25N3O. The molecule has 0 radical (unpaired) electrons. The summed E-state index contributed by atoms with van der Waals surface area (Å²) in [5.41, 5.74) is 4.48. The van der Waals surface area contributed by atoms with Crippen LogP contribution < -0.4 is 5.32 Å². The molecule has 2 aromatic carbocycles. The van der Waals surface area contributed by atoms with Gasteiger partial charge in [-0.3, -0.25) is 4.79 Å². The highest BCUT2D eigenvalue weighted by atomic mass is 16.1. The number of benzene rings is 2. The van der Waals surface area contributed by atoms with E-state index in [4.69, 9.17) is 4.98 Å². The maximum Gasteiger partial charge on any atom is 0.224 e. The van der Waals surface area contributed by atoms with Crippen molar-refractivity contribution in [1.29, 1.82) is 0 Å². The van der Waals surface area contributed by atoms with Crippen LogP contribution in [0.2, 0.25) is 0 Å². The zero-order valence-electron chi connectivity index (χ0n) is 15.0. The van der Waals surface area contributed by atoms with Gasteiger partial charge >= 0.3 is 0 Å². The van der Waals surface area contributed by atoms with Crippen molar-refractivity contribution in [2.75, 3.05) is 6.54 Å². The summed E-state index contributed by atoms with van der Waals surface area (Å²) in [5.74, 6) is 1.18. The van der Waals surface area contributed by atoms with E-state index in [0.717, 1.165) is 41.9 Å². The molecule has 0 bridgehead atoms. The maximum absolute atomic E-state index is 12.1. The third kappa shape index (κ3) is 4.08. The molecule has 4 nitrogen and oxygen atoms in total. The van der Waals surface area contributed by atoms with Crippen LogP contribution in [0.4, 0.5) is 0 Å². The quantitative estimate of drug-likeness (QED) is 0.670. The number of fused-ring (bicyclic) bond motifs is 1. The lowest BCUT2D eigenvalue weighted by Gasteiger charge is -2.08. The Morgan fingerprint density at radius 1 is 1.12 bits per heavy atom. The molecule has 0 saturated heterocycles. The Hall–Kier alpha value is -2.62. The Kier molecular flexibility index (Phi) is 5.49. The molecule has 0 unspecified atom stereocenters. The average Bonchev–Trinajstić information content (AvgIpc) is 2.98. The molecule has 1 aromatic heterocycles. The number of aromatic nitrogens is 2. The van der Waals surface area contributed by atoms with E-state index in [9.17, 15) is 4.79 Å². The summed E-state index contributed by atoms with van der Waals surface area (Å²) in [4.78, 5) is 16.8. The Morgan fingerprint density at radius 3 is 2.68 bits per heavy atom. The first-order valence-electron chi connectivity index (χ1n) is 8.94. The number of para-hydroxylation sites is 2. The molecule has 0 spiro atoms. The monoisotopic (exact) mass is 335 g/mol. The molecule has 0 saturated carbocycles. The van der Waals surface area contributed by atoms with Crippen LogP contribution in [-0.4, -0.2) is 22.0 Å². The van der Waals surface area contributed by atoms with Crippen molar-refractivity contribution in [2.45, 2.75) is 39.7 Å². The van der Waals surface area contributed by atoms with Crippen LogP contribution in [0.25, 0.3) is 11.0 Å². The van der Waals surface area contributed by atoms with Gasteiger partial charge in [-0.05, 0) is 43.5 Å². The standard InChI is InChI=1S/C21H25N3O/c1-3-24-19-12-7-6-11-18(19)23-20(24)13-8-14-22-21(25)15-17-10-5-4-9-16(17)2/h4-7,9-12H,3,8,13-15H2,1-2H3,(H,22,25). The minimum absolute atomic E-state index is 0.0818. The number of rotatable bonds is 7. The number of carbonyl (C=O) groups is 1. The van der Waals surface area contributed by atoms with E-state index < -0.39 is 0 Å². The zero-order valence-corrected chi connectivity index (χ0v) is 15.0. The fraction of sp³-hybridized carbons (Fsp3) is 0.333. The summed E-state index contributed by atoms with van der Waals surface area (Å²) < 4.78 is 2.25. The molecule has 1 heterocycles. The molecule has 0 aliphatic rings. The van der Waals surface area contributed by atoms with Gasteiger partial charge in [-0.2, -0.15) is 0 Å². The zero-order chi connectivity index (χ0) is 17.6. The lowest BCUT2D eigenvalue weighted by atomic mass is 10.1. The molecule has 1 amide bonds. The summed E-state index contributed by atoms with van der Waals surface area (Å²) in [6, 6.07) is 16.3. The molecule has 3 aromatic rings. The number of hydrogen-bond acceptors (Lipinski definition) is 2. The summed E-state index contributed by atoms with van der Waals surface area (Å²) in [6.07, 6.45) is 2.20. The van der Waals surface area contributed by atoms with Gasteiger partial charge in [-0.15, -0.1) is 0 Å². The van der Waals surface area contributed by atoms with Gasteiger partial charge in [0.2, 0.25) is 5.91 Å². The van der Waals surface area contributed by atoms with Gasteiger partial charge < -0.3 is 9.88 Å². The highest BCUT2D eigenvalue weighted by molar-refractivity contribution is 5.79. The van der Waals surface area contributed by atoms with Gasteiger partial charge in [0.15, 0.2) is 0 Å². The van der Waals surface area contributed by atoms with E-state index in [-0.39, 0.29) is 5.91 Å². The Bertz CT molecular complexity index is 866. The first kappa shape index (κ1) is 17.2. The predicted octanol–water partition coefficient (Wildman–Crippen LogP) is 3.66. The van der Waals surface area contributed by atoms with Crippen molar-refractivity contribution in [3.05, 3.63) is 65.5 Å². The van der Waals surface area contributed by atoms with Gasteiger partial charge in [0.25, 0.3) is 0 Å². The second kappa shape index (κ2) is 7.97. The van der Waals surface area contributed by atoms with Gasteiger partial charge in [-0.1, -0.05) is 36.4 Å². The van der Waals surface area contributed by atoms with E-state index >= 15 is 0 Å². The highest BCUT2D eigenvalue weighted by Crippen LogP contribution is 2.16. The van der Waals surface area contributed by atoms with Crippen molar-refractivity contribution in [2.24, 2.45) is 0 Å². The highest BCUT2D eigenvalue weighted by Gasteiger charge is 2.09. The minimum atomic E-state index is 0.0818. The number of amides is 1. The van der Waals surface area contributed by atoms with Crippen LogP contribution in [0, 0.1) is 6.92 Å². The Labute approximate surface area is 148 Å². The summed E-state index contributed by atoms with van der Waals surface area (Å²) in [6.45, 7) is 5.77. The lowest BCUT2D eigenvalue weighted by molar-refractivity contribution is -0.120. The Morgan fingerprint density at radius 2 is 1.88 bits per heavy atom. The van der Waals surface area contributed by atoms with Gasteiger partial charge in [0, 0.05) is 19.5 Å². The predicted molar refractivity (Wildman–Crippen MR) is 102 cm³/mol. The van der Waals surface area contributed by atoms with E-state index in [1.165, 1.54) is 5.52 Å². The summed E-state index contributed by atoms with van der Waals surface area (Å²) in [7, 11) is 0. The van der Waals surface area contributed by atoms with Crippen LogP contribution in [0.15, 0.2) is 48.5 Å².